The summed E-state index contributed by atoms with van der Waals surface area (Å²) in [5, 5.41) is 2.49. The molecule has 5 aromatic rings. The van der Waals surface area contributed by atoms with Crippen molar-refractivity contribution >= 4 is 56.3 Å². The van der Waals surface area contributed by atoms with E-state index in [4.69, 9.17) is 0 Å². The predicted molar refractivity (Wildman–Crippen MR) is 153 cm³/mol. The van der Waals surface area contributed by atoms with Gasteiger partial charge in [-0.2, -0.15) is 0 Å². The van der Waals surface area contributed by atoms with Crippen LogP contribution in [0.25, 0.3) is 27.5 Å². The highest BCUT2D eigenvalue weighted by Crippen LogP contribution is 2.63. The van der Waals surface area contributed by atoms with E-state index in [1.807, 2.05) is 25.1 Å². The third-order valence-electron chi connectivity index (χ3n) is 9.82. The summed E-state index contributed by atoms with van der Waals surface area (Å²) in [7, 11) is 0. The highest BCUT2D eigenvalue weighted by atomic mass is 19.2. The lowest BCUT2D eigenvalue weighted by Gasteiger charge is -2.46. The normalized spacial score (nSPS) is 24.1. The van der Waals surface area contributed by atoms with Crippen molar-refractivity contribution in [3.8, 4) is 5.69 Å². The first-order valence-corrected chi connectivity index (χ1v) is 13.8. The van der Waals surface area contributed by atoms with Crippen molar-refractivity contribution in [3.63, 3.8) is 0 Å². The lowest BCUT2D eigenvalue weighted by atomic mass is 9.33. The number of aryl methyl sites for hydroxylation is 3. The minimum absolute atomic E-state index is 0.0706. The number of rotatable bonds is 0. The summed E-state index contributed by atoms with van der Waals surface area (Å²) in [5.74, 6) is -2.08. The summed E-state index contributed by atoms with van der Waals surface area (Å²) in [4.78, 5) is 1.78. The molecule has 4 heterocycles. The third kappa shape index (κ3) is 2.17. The number of anilines is 2. The molecule has 0 saturated heterocycles. The van der Waals surface area contributed by atoms with E-state index in [0.29, 0.717) is 18.4 Å². The zero-order valence-corrected chi connectivity index (χ0v) is 21.8. The quantitative estimate of drug-likeness (QED) is 0.173. The van der Waals surface area contributed by atoms with Crippen LogP contribution in [0.15, 0.2) is 60.7 Å². The number of hydrogen-bond donors (Lipinski definition) is 0. The monoisotopic (exact) mass is 500 g/mol. The lowest BCUT2D eigenvalue weighted by molar-refractivity contribution is -0.0615. The van der Waals surface area contributed by atoms with Crippen molar-refractivity contribution in [2.24, 2.45) is 0 Å². The second-order valence-corrected chi connectivity index (χ2v) is 12.1. The minimum Gasteiger partial charge on any atom is -0.310 e. The van der Waals surface area contributed by atoms with E-state index < -0.39 is 11.5 Å². The fraction of sp³-hybridized carbons (Fsp3) is 0.273. The van der Waals surface area contributed by atoms with E-state index >= 15 is 8.78 Å². The molecule has 0 amide bonds. The minimum atomic E-state index is -2.08. The molecule has 38 heavy (non-hydrogen) atoms. The van der Waals surface area contributed by atoms with Crippen LogP contribution in [0.3, 0.4) is 0 Å². The lowest BCUT2D eigenvalue weighted by Crippen LogP contribution is -2.63. The van der Waals surface area contributed by atoms with Crippen molar-refractivity contribution in [2.75, 3.05) is 4.90 Å². The largest absolute Gasteiger partial charge is 0.310 e. The van der Waals surface area contributed by atoms with E-state index in [-0.39, 0.29) is 19.6 Å². The molecule has 4 aromatic carbocycles. The molecule has 1 fully saturated rings. The predicted octanol–water partition coefficient (Wildman–Crippen LogP) is 6.41. The molecule has 0 N–H and O–H groups in total. The number of alkyl halides is 2. The fourth-order valence-corrected chi connectivity index (χ4v) is 8.43. The smallest absolute Gasteiger partial charge is 0.252 e. The zero-order valence-electron chi connectivity index (χ0n) is 21.8. The summed E-state index contributed by atoms with van der Waals surface area (Å²) in [6.45, 7) is 6.26. The van der Waals surface area contributed by atoms with Crippen LogP contribution in [0, 0.1) is 20.8 Å². The van der Waals surface area contributed by atoms with Crippen molar-refractivity contribution in [2.45, 2.75) is 57.9 Å². The molecule has 2 nitrogen and oxygen atoms in total. The standard InChI is InChI=1S/C33H27BF2N2/c1-18-9-10-26-21(13-18)22-14-19(2)16-24-30(22)37(26)27-7-6-8-28-29(27)34(24)25-17-20(3)15-23-31(25)38(28)33(36)12-5-4-11-32(23,33)35/h6-10,13-17H,4-5,11-12H2,1-3H3. The van der Waals surface area contributed by atoms with Gasteiger partial charge in [-0.3, -0.25) is 0 Å². The van der Waals surface area contributed by atoms with Gasteiger partial charge in [0.15, 0.2) is 5.67 Å². The van der Waals surface area contributed by atoms with E-state index in [9.17, 15) is 0 Å². The molecular weight excluding hydrogens is 473 g/mol. The van der Waals surface area contributed by atoms with Gasteiger partial charge in [-0.05, 0) is 86.8 Å². The fourth-order valence-electron chi connectivity index (χ4n) is 8.43. The SMILES string of the molecule is Cc1cc2c3c(c1)C1(F)CCCCC1(F)N3c1cccc3c1B2c1cc(C)cc2c4cc(C)ccc4n-3c12. The summed E-state index contributed by atoms with van der Waals surface area (Å²) in [6, 6.07) is 21.6. The number of hydrogen-bond acceptors (Lipinski definition) is 1. The van der Waals surface area contributed by atoms with E-state index in [1.165, 1.54) is 32.9 Å². The van der Waals surface area contributed by atoms with Crippen LogP contribution in [0.2, 0.25) is 0 Å². The van der Waals surface area contributed by atoms with Gasteiger partial charge in [-0.1, -0.05) is 47.0 Å². The first-order valence-electron chi connectivity index (χ1n) is 13.8. The summed E-state index contributed by atoms with van der Waals surface area (Å²) < 4.78 is 36.9. The van der Waals surface area contributed by atoms with Crippen LogP contribution in [-0.4, -0.2) is 17.1 Å². The zero-order chi connectivity index (χ0) is 25.7. The molecule has 1 aliphatic carbocycles. The topological polar surface area (TPSA) is 8.17 Å². The first-order chi connectivity index (χ1) is 18.3. The Hall–Kier alpha value is -3.60. The molecule has 1 aromatic heterocycles. The number of fused-ring (bicyclic) bond motifs is 10. The van der Waals surface area contributed by atoms with Gasteiger partial charge >= 0.3 is 0 Å². The van der Waals surface area contributed by atoms with E-state index in [1.54, 1.807) is 4.90 Å². The Labute approximate surface area is 221 Å². The van der Waals surface area contributed by atoms with Crippen molar-refractivity contribution in [3.05, 3.63) is 82.9 Å². The summed E-state index contributed by atoms with van der Waals surface area (Å²) in [6.07, 6.45) is 1.85. The molecule has 4 aliphatic rings. The molecule has 1 saturated carbocycles. The molecule has 3 aliphatic heterocycles. The van der Waals surface area contributed by atoms with Gasteiger partial charge in [0.2, 0.25) is 5.79 Å². The average Bonchev–Trinajstić information content (AvgIpc) is 3.31. The van der Waals surface area contributed by atoms with E-state index in [2.05, 4.69) is 60.9 Å². The molecule has 0 bridgehead atoms. The third-order valence-corrected chi connectivity index (χ3v) is 9.82. The van der Waals surface area contributed by atoms with Crippen LogP contribution in [-0.2, 0) is 5.67 Å². The second kappa shape index (κ2) is 6.51. The number of halogens is 2. The second-order valence-electron chi connectivity index (χ2n) is 12.1. The first kappa shape index (κ1) is 21.4. The number of aromatic nitrogens is 1. The molecule has 2 atom stereocenters. The Kier molecular flexibility index (Phi) is 3.66. The molecule has 9 rings (SSSR count). The summed E-state index contributed by atoms with van der Waals surface area (Å²) in [5.41, 5.74) is 10.4. The van der Waals surface area contributed by atoms with Crippen LogP contribution in [0.1, 0.15) is 47.9 Å². The van der Waals surface area contributed by atoms with Gasteiger partial charge < -0.3 is 9.47 Å². The molecule has 0 radical (unpaired) electrons. The Morgan fingerprint density at radius 3 is 2.37 bits per heavy atom. The van der Waals surface area contributed by atoms with Gasteiger partial charge in [0.25, 0.3) is 6.71 Å². The maximum atomic E-state index is 17.4. The number of nitrogens with zero attached hydrogens (tertiary/aromatic N) is 2. The Balaban J connectivity index is 1.50. The van der Waals surface area contributed by atoms with E-state index in [0.717, 1.165) is 39.1 Å². The maximum absolute atomic E-state index is 17.4. The summed E-state index contributed by atoms with van der Waals surface area (Å²) >= 11 is 0. The molecule has 5 heteroatoms. The Morgan fingerprint density at radius 1 is 0.763 bits per heavy atom. The Bertz CT molecular complexity index is 1920. The van der Waals surface area contributed by atoms with Crippen molar-refractivity contribution in [1.29, 1.82) is 0 Å². The number of benzene rings is 4. The van der Waals surface area contributed by atoms with Gasteiger partial charge in [-0.25, -0.2) is 8.78 Å². The molecule has 0 spiro atoms. The highest BCUT2D eigenvalue weighted by Gasteiger charge is 2.68. The van der Waals surface area contributed by atoms with Crippen molar-refractivity contribution < 1.29 is 8.78 Å². The van der Waals surface area contributed by atoms with Gasteiger partial charge in [0.1, 0.15) is 0 Å². The van der Waals surface area contributed by atoms with Gasteiger partial charge in [0.05, 0.1) is 5.52 Å². The van der Waals surface area contributed by atoms with Gasteiger partial charge in [-0.15, -0.1) is 0 Å². The average molecular weight is 500 g/mol. The van der Waals surface area contributed by atoms with Crippen LogP contribution < -0.4 is 21.3 Å². The van der Waals surface area contributed by atoms with Crippen LogP contribution in [0.4, 0.5) is 20.2 Å². The Morgan fingerprint density at radius 2 is 1.50 bits per heavy atom. The molecule has 2 unspecified atom stereocenters. The van der Waals surface area contributed by atoms with Crippen LogP contribution >= 0.6 is 0 Å². The highest BCUT2D eigenvalue weighted by molar-refractivity contribution is 7.00. The van der Waals surface area contributed by atoms with Crippen LogP contribution in [0.5, 0.6) is 0 Å². The van der Waals surface area contributed by atoms with Gasteiger partial charge in [0, 0.05) is 45.3 Å². The maximum Gasteiger partial charge on any atom is 0.252 e. The molecule has 186 valence electrons. The molecular formula is C33H27BF2N2. The van der Waals surface area contributed by atoms with Crippen molar-refractivity contribution in [1.82, 2.24) is 4.57 Å².